The SMILES string of the molecule is [2H]c1c([2H])c(N(CC)C(=O)c2c(O)c3c(Cl)cccc3n(C)c2=O)c([2H])c([2H])c1C. The van der Waals surface area contributed by atoms with Gasteiger partial charge in [-0.3, -0.25) is 9.59 Å². The number of halogens is 1. The Morgan fingerprint density at radius 2 is 1.96 bits per heavy atom. The molecule has 3 rings (SSSR count). The highest BCUT2D eigenvalue weighted by molar-refractivity contribution is 6.36. The normalized spacial score (nSPS) is 13.1. The molecule has 2 aromatic carbocycles. The van der Waals surface area contributed by atoms with Crippen LogP contribution in [0.15, 0.2) is 47.2 Å². The Balaban J connectivity index is 2.34. The maximum absolute atomic E-state index is 13.4. The molecule has 0 spiro atoms. The minimum absolute atomic E-state index is 0.0539. The molecule has 1 aromatic heterocycles. The van der Waals surface area contributed by atoms with Crippen molar-refractivity contribution in [2.45, 2.75) is 13.8 Å². The van der Waals surface area contributed by atoms with Gasteiger partial charge in [-0.2, -0.15) is 0 Å². The van der Waals surface area contributed by atoms with Crippen LogP contribution >= 0.6 is 11.6 Å². The van der Waals surface area contributed by atoms with Crippen LogP contribution in [0.2, 0.25) is 5.02 Å². The van der Waals surface area contributed by atoms with E-state index in [1.54, 1.807) is 19.1 Å². The van der Waals surface area contributed by atoms with E-state index >= 15 is 0 Å². The van der Waals surface area contributed by atoms with Gasteiger partial charge in [-0.1, -0.05) is 35.3 Å². The van der Waals surface area contributed by atoms with Crippen LogP contribution in [0.25, 0.3) is 10.9 Å². The molecule has 0 bridgehead atoms. The molecule has 1 amide bonds. The van der Waals surface area contributed by atoms with Crippen molar-refractivity contribution in [2.75, 3.05) is 11.4 Å². The number of anilines is 1. The molecule has 0 saturated carbocycles. The van der Waals surface area contributed by atoms with Gasteiger partial charge in [-0.05, 0) is 38.1 Å². The van der Waals surface area contributed by atoms with E-state index < -0.39 is 34.9 Å². The molecule has 26 heavy (non-hydrogen) atoms. The maximum atomic E-state index is 13.4. The number of fused-ring (bicyclic) bond motifs is 1. The number of benzene rings is 2. The monoisotopic (exact) mass is 374 g/mol. The second-order valence-corrected chi connectivity index (χ2v) is 6.15. The quantitative estimate of drug-likeness (QED) is 0.756. The van der Waals surface area contributed by atoms with E-state index in [4.69, 9.17) is 17.1 Å². The highest BCUT2D eigenvalue weighted by atomic mass is 35.5. The number of aromatic nitrogens is 1. The predicted octanol–water partition coefficient (Wildman–Crippen LogP) is 3.87. The van der Waals surface area contributed by atoms with Crippen LogP contribution in [0.3, 0.4) is 0 Å². The van der Waals surface area contributed by atoms with Gasteiger partial charge in [-0.25, -0.2) is 0 Å². The lowest BCUT2D eigenvalue weighted by molar-refractivity contribution is 0.0984. The summed E-state index contributed by atoms with van der Waals surface area (Å²) in [5.41, 5.74) is -1.10. The third-order valence-electron chi connectivity index (χ3n) is 4.13. The van der Waals surface area contributed by atoms with Crippen LogP contribution in [0.1, 0.15) is 28.3 Å². The molecule has 134 valence electrons. The van der Waals surface area contributed by atoms with E-state index in [1.807, 2.05) is 0 Å². The number of amides is 1. The van der Waals surface area contributed by atoms with Gasteiger partial charge in [0.2, 0.25) is 0 Å². The number of carbonyl (C=O) groups excluding carboxylic acids is 1. The van der Waals surface area contributed by atoms with Crippen molar-refractivity contribution in [3.63, 3.8) is 0 Å². The van der Waals surface area contributed by atoms with Crippen LogP contribution in [-0.4, -0.2) is 22.1 Å². The molecule has 0 aliphatic carbocycles. The Morgan fingerprint density at radius 3 is 2.58 bits per heavy atom. The van der Waals surface area contributed by atoms with E-state index in [-0.39, 0.29) is 40.3 Å². The average molecular weight is 375 g/mol. The summed E-state index contributed by atoms with van der Waals surface area (Å²) in [7, 11) is 1.44. The first-order valence-corrected chi connectivity index (χ1v) is 8.31. The minimum Gasteiger partial charge on any atom is -0.506 e. The van der Waals surface area contributed by atoms with Crippen LogP contribution < -0.4 is 10.5 Å². The Morgan fingerprint density at radius 1 is 1.31 bits per heavy atom. The molecule has 0 aliphatic heterocycles. The van der Waals surface area contributed by atoms with Crippen molar-refractivity contribution in [3.05, 3.63) is 68.9 Å². The molecule has 1 N–H and O–H groups in total. The third-order valence-corrected chi connectivity index (χ3v) is 4.44. The number of hydrogen-bond acceptors (Lipinski definition) is 3. The molecule has 0 radical (unpaired) electrons. The van der Waals surface area contributed by atoms with E-state index in [0.717, 1.165) is 4.90 Å². The maximum Gasteiger partial charge on any atom is 0.267 e. The van der Waals surface area contributed by atoms with Crippen LogP contribution in [0, 0.1) is 6.92 Å². The number of pyridine rings is 1. The second kappa shape index (κ2) is 6.84. The van der Waals surface area contributed by atoms with Crippen molar-refractivity contribution in [1.82, 2.24) is 4.57 Å². The van der Waals surface area contributed by atoms with Crippen LogP contribution in [-0.2, 0) is 7.05 Å². The summed E-state index contributed by atoms with van der Waals surface area (Å²) in [6, 6.07) is 3.34. The van der Waals surface area contributed by atoms with Gasteiger partial charge in [-0.15, -0.1) is 0 Å². The summed E-state index contributed by atoms with van der Waals surface area (Å²) in [5.74, 6) is -1.54. The van der Waals surface area contributed by atoms with E-state index in [0.29, 0.717) is 5.52 Å². The fraction of sp³-hybridized carbons (Fsp3) is 0.200. The van der Waals surface area contributed by atoms with Crippen molar-refractivity contribution in [3.8, 4) is 5.75 Å². The zero-order chi connectivity index (χ0) is 22.5. The number of rotatable bonds is 3. The van der Waals surface area contributed by atoms with Crippen molar-refractivity contribution < 1.29 is 15.4 Å². The Hall–Kier alpha value is -2.79. The fourth-order valence-electron chi connectivity index (χ4n) is 2.76. The van der Waals surface area contributed by atoms with Gasteiger partial charge in [0.15, 0.2) is 0 Å². The minimum atomic E-state index is -0.943. The number of hydrogen-bond donors (Lipinski definition) is 1. The summed E-state index contributed by atoms with van der Waals surface area (Å²) in [4.78, 5) is 27.2. The Kier molecular flexibility index (Phi) is 3.53. The molecule has 0 aliphatic rings. The smallest absolute Gasteiger partial charge is 0.267 e. The first-order valence-electron chi connectivity index (χ1n) is 9.93. The van der Waals surface area contributed by atoms with Crippen molar-refractivity contribution >= 4 is 34.1 Å². The van der Waals surface area contributed by atoms with E-state index in [1.165, 1.54) is 24.6 Å². The Labute approximate surface area is 161 Å². The van der Waals surface area contributed by atoms with Crippen LogP contribution in [0.4, 0.5) is 5.69 Å². The van der Waals surface area contributed by atoms with Gasteiger partial charge in [0.25, 0.3) is 11.5 Å². The molecule has 5 nitrogen and oxygen atoms in total. The average Bonchev–Trinajstić information content (AvgIpc) is 2.72. The summed E-state index contributed by atoms with van der Waals surface area (Å²) < 4.78 is 33.7. The predicted molar refractivity (Wildman–Crippen MR) is 104 cm³/mol. The van der Waals surface area contributed by atoms with Gasteiger partial charge in [0.1, 0.15) is 11.3 Å². The van der Waals surface area contributed by atoms with E-state index in [9.17, 15) is 14.7 Å². The summed E-state index contributed by atoms with van der Waals surface area (Å²) >= 11 is 6.19. The Bertz CT molecular complexity index is 1240. The summed E-state index contributed by atoms with van der Waals surface area (Å²) in [6.07, 6.45) is 0. The number of aryl methyl sites for hydroxylation is 1. The standard InChI is InChI=1S/C20H19ClN2O3/c1-4-23(13-10-8-12(2)9-11-13)20(26)17-18(24)16-14(21)6-5-7-15(16)22(3)19(17)25/h5-11,24H,4H2,1-3H3/i8D,9D,10D,11D. The highest BCUT2D eigenvalue weighted by Gasteiger charge is 2.26. The molecule has 0 atom stereocenters. The molecular weight excluding hydrogens is 352 g/mol. The van der Waals surface area contributed by atoms with Gasteiger partial charge in [0, 0.05) is 19.3 Å². The lowest BCUT2D eigenvalue weighted by atomic mass is 10.1. The molecule has 0 fully saturated rings. The summed E-state index contributed by atoms with van der Waals surface area (Å²) in [5, 5.41) is 11.1. The largest absolute Gasteiger partial charge is 0.506 e. The number of carbonyl (C=O) groups is 1. The van der Waals surface area contributed by atoms with Crippen LogP contribution in [0.5, 0.6) is 5.75 Å². The van der Waals surface area contributed by atoms with Gasteiger partial charge >= 0.3 is 0 Å². The van der Waals surface area contributed by atoms with Gasteiger partial charge < -0.3 is 14.6 Å². The van der Waals surface area contributed by atoms with Gasteiger partial charge in [0.05, 0.1) is 21.4 Å². The number of aromatic hydroxyl groups is 1. The lowest BCUT2D eigenvalue weighted by Gasteiger charge is -2.22. The lowest BCUT2D eigenvalue weighted by Crippen LogP contribution is -2.36. The fourth-order valence-corrected chi connectivity index (χ4v) is 3.02. The molecule has 6 heteroatoms. The highest BCUT2D eigenvalue weighted by Crippen LogP contribution is 2.33. The topological polar surface area (TPSA) is 62.5 Å². The molecule has 0 saturated heterocycles. The van der Waals surface area contributed by atoms with E-state index in [2.05, 4.69) is 0 Å². The first-order chi connectivity index (χ1) is 14.0. The molecule has 3 aromatic rings. The first kappa shape index (κ1) is 13.4. The third kappa shape index (κ3) is 2.84. The molecular formula is C20H19ClN2O3. The number of nitrogens with zero attached hydrogens (tertiary/aromatic N) is 2. The molecule has 0 unspecified atom stereocenters. The summed E-state index contributed by atoms with van der Waals surface area (Å²) in [6.45, 7) is 2.97. The molecule has 1 heterocycles. The zero-order valence-electron chi connectivity index (χ0n) is 18.5. The zero-order valence-corrected chi connectivity index (χ0v) is 15.2. The van der Waals surface area contributed by atoms with Crippen molar-refractivity contribution in [2.24, 2.45) is 7.05 Å². The second-order valence-electron chi connectivity index (χ2n) is 5.74. The van der Waals surface area contributed by atoms with Crippen molar-refractivity contribution in [1.29, 1.82) is 0 Å².